The minimum absolute atomic E-state index is 0. The molecule has 0 fully saturated rings. The molecule has 1 nitrogen and oxygen atoms in total. The Morgan fingerprint density at radius 1 is 0.581 bits per heavy atom. The van der Waals surface area contributed by atoms with E-state index in [0.29, 0.717) is 6.61 Å². The molecule has 4 aromatic rings. The fourth-order valence-electron chi connectivity index (χ4n) is 2.97. The quantitative estimate of drug-likeness (QED) is 0.0963. The van der Waals surface area contributed by atoms with Gasteiger partial charge in [-0.3, -0.25) is 0 Å². The first-order valence-corrected chi connectivity index (χ1v) is 11.2. The molecule has 0 aliphatic rings. The van der Waals surface area contributed by atoms with Crippen molar-refractivity contribution >= 4 is 23.8 Å². The van der Waals surface area contributed by atoms with E-state index in [4.69, 9.17) is 11.2 Å². The van der Waals surface area contributed by atoms with Crippen molar-refractivity contribution in [3.8, 4) is 5.92 Å². The number of rotatable bonds is 6. The van der Waals surface area contributed by atoms with E-state index in [1.54, 1.807) is 0 Å². The van der Waals surface area contributed by atoms with Gasteiger partial charge in [0.05, 0.1) is 13.2 Å². The van der Waals surface area contributed by atoms with Crippen LogP contribution in [-0.2, 0) is 33.7 Å². The Morgan fingerprint density at radius 3 is 1.29 bits per heavy atom. The second kappa shape index (κ2) is 14.6. The molecule has 0 aliphatic carbocycles. The van der Waals surface area contributed by atoms with Crippen LogP contribution in [-0.4, -0.2) is 6.61 Å². The van der Waals surface area contributed by atoms with Crippen LogP contribution in [0.3, 0.4) is 0 Å². The molecule has 0 radical (unpaired) electrons. The van der Waals surface area contributed by atoms with E-state index >= 15 is 0 Å². The van der Waals surface area contributed by atoms with Crippen molar-refractivity contribution in [3.63, 3.8) is 0 Å². The third kappa shape index (κ3) is 8.31. The first kappa shape index (κ1) is 24.8. The van der Waals surface area contributed by atoms with Gasteiger partial charge in [-0.1, -0.05) is 121 Å². The third-order valence-corrected chi connectivity index (χ3v) is 6.77. The van der Waals surface area contributed by atoms with Crippen LogP contribution in [0.25, 0.3) is 0 Å². The molecule has 0 aromatic heterocycles. The maximum absolute atomic E-state index is 6.59. The Labute approximate surface area is 202 Å². The Bertz CT molecular complexity index is 922. The van der Waals surface area contributed by atoms with Gasteiger partial charge in [0, 0.05) is 0 Å². The summed E-state index contributed by atoms with van der Waals surface area (Å²) in [6.07, 6.45) is 6.59. The van der Waals surface area contributed by atoms with E-state index in [9.17, 15) is 0 Å². The standard InChI is InChI=1S/C18H15P.C10H9O.Au/c1-4-10-16(11-5-1)19(17-12-6-2-7-13-17)18-14-8-3-9-15-18;1-2-8-11-9-10-6-4-3-5-7-10;/h1-15H;3-7H,8-9H2;/q;-1;+1. The van der Waals surface area contributed by atoms with E-state index < -0.39 is 7.92 Å². The molecule has 0 atom stereocenters. The zero-order valence-corrected chi connectivity index (χ0v) is 20.2. The molecular formula is C28H24AuOP. The van der Waals surface area contributed by atoms with Gasteiger partial charge in [0.1, 0.15) is 0 Å². The number of hydrogen-bond acceptors (Lipinski definition) is 1. The van der Waals surface area contributed by atoms with Crippen molar-refractivity contribution in [2.75, 3.05) is 6.61 Å². The molecule has 31 heavy (non-hydrogen) atoms. The summed E-state index contributed by atoms with van der Waals surface area (Å²) in [5.41, 5.74) is 1.13. The van der Waals surface area contributed by atoms with Crippen LogP contribution >= 0.6 is 7.92 Å². The first-order chi connectivity index (χ1) is 14.9. The van der Waals surface area contributed by atoms with Gasteiger partial charge >= 0.3 is 22.4 Å². The second-order valence-corrected chi connectivity index (χ2v) is 8.72. The van der Waals surface area contributed by atoms with Gasteiger partial charge in [0.15, 0.2) is 0 Å². The van der Waals surface area contributed by atoms with E-state index in [1.807, 2.05) is 30.3 Å². The summed E-state index contributed by atoms with van der Waals surface area (Å²) in [5, 5.41) is 4.19. The Balaban J connectivity index is 0.000000245. The summed E-state index contributed by atoms with van der Waals surface area (Å²) in [6, 6.07) is 42.2. The molecule has 4 rings (SSSR count). The van der Waals surface area contributed by atoms with Gasteiger partial charge < -0.3 is 17.1 Å². The van der Waals surface area contributed by atoms with Gasteiger partial charge in [-0.2, -0.15) is 0 Å². The van der Waals surface area contributed by atoms with Crippen LogP contribution in [0, 0.1) is 12.3 Å². The molecule has 0 heterocycles. The predicted molar refractivity (Wildman–Crippen MR) is 128 cm³/mol. The molecule has 4 aromatic carbocycles. The fraction of sp³-hybridized carbons (Fsp3) is 0.0714. The van der Waals surface area contributed by atoms with Crippen molar-refractivity contribution in [1.29, 1.82) is 0 Å². The molecule has 0 unspecified atom stereocenters. The van der Waals surface area contributed by atoms with Crippen molar-refractivity contribution in [2.45, 2.75) is 6.61 Å². The Morgan fingerprint density at radius 2 is 0.935 bits per heavy atom. The van der Waals surface area contributed by atoms with Crippen LogP contribution in [0.2, 0.25) is 0 Å². The maximum atomic E-state index is 6.59. The van der Waals surface area contributed by atoms with E-state index in [1.165, 1.54) is 15.9 Å². The van der Waals surface area contributed by atoms with E-state index in [0.717, 1.165) is 5.56 Å². The minimum Gasteiger partial charge on any atom is -0.691 e. The molecule has 0 N–H and O–H groups in total. The number of hydrogen-bond donors (Lipinski definition) is 0. The molecule has 3 heteroatoms. The maximum Gasteiger partial charge on any atom is 1.00 e. The van der Waals surface area contributed by atoms with Crippen molar-refractivity contribution in [3.05, 3.63) is 133 Å². The van der Waals surface area contributed by atoms with Gasteiger partial charge in [0.25, 0.3) is 0 Å². The average molecular weight is 604 g/mol. The van der Waals surface area contributed by atoms with Crippen LogP contribution in [0.4, 0.5) is 0 Å². The number of ether oxygens (including phenoxy) is 1. The summed E-state index contributed by atoms with van der Waals surface area (Å²) in [7, 11) is -0.446. The molecule has 0 amide bonds. The van der Waals surface area contributed by atoms with Crippen LogP contribution in [0.5, 0.6) is 0 Å². The summed E-state index contributed by atoms with van der Waals surface area (Å²) in [5.74, 6) is 2.17. The van der Waals surface area contributed by atoms with Crippen molar-refractivity contribution < 1.29 is 27.1 Å². The van der Waals surface area contributed by atoms with Gasteiger partial charge in [-0.25, -0.2) is 0 Å². The fourth-order valence-corrected chi connectivity index (χ4v) is 5.28. The predicted octanol–water partition coefficient (Wildman–Crippen LogP) is 5.24. The molecular weight excluding hydrogens is 580 g/mol. The zero-order chi connectivity index (χ0) is 20.9. The second-order valence-electron chi connectivity index (χ2n) is 6.50. The normalized spacial score (nSPS) is 9.68. The first-order valence-electron chi connectivity index (χ1n) is 9.85. The number of benzene rings is 4. The average Bonchev–Trinajstić information content (AvgIpc) is 2.83. The van der Waals surface area contributed by atoms with E-state index in [-0.39, 0.29) is 29.0 Å². The topological polar surface area (TPSA) is 9.23 Å². The Kier molecular flexibility index (Phi) is 11.7. The SMILES string of the molecule is [Au+].[C-]#CCOCc1ccccc1.c1ccc(P(c2ccccc2)c2ccccc2)cc1. The summed E-state index contributed by atoms with van der Waals surface area (Å²) in [6.45, 7) is 0.835. The largest absolute Gasteiger partial charge is 1.00 e. The smallest absolute Gasteiger partial charge is 0.691 e. The molecule has 0 aliphatic heterocycles. The van der Waals surface area contributed by atoms with Gasteiger partial charge in [-0.05, 0) is 29.4 Å². The van der Waals surface area contributed by atoms with Crippen molar-refractivity contribution in [1.82, 2.24) is 0 Å². The zero-order valence-electron chi connectivity index (χ0n) is 17.1. The van der Waals surface area contributed by atoms with Crippen LogP contribution in [0.15, 0.2) is 121 Å². The van der Waals surface area contributed by atoms with Gasteiger partial charge in [0.2, 0.25) is 0 Å². The monoisotopic (exact) mass is 604 g/mol. The molecule has 158 valence electrons. The van der Waals surface area contributed by atoms with Crippen molar-refractivity contribution in [2.24, 2.45) is 0 Å². The van der Waals surface area contributed by atoms with E-state index in [2.05, 4.69) is 96.9 Å². The third-order valence-electron chi connectivity index (χ3n) is 4.33. The van der Waals surface area contributed by atoms with Crippen LogP contribution in [0.1, 0.15) is 5.56 Å². The minimum atomic E-state index is -0.446. The summed E-state index contributed by atoms with van der Waals surface area (Å²) < 4.78 is 5.07. The molecule has 0 saturated heterocycles. The summed E-state index contributed by atoms with van der Waals surface area (Å²) in [4.78, 5) is 0. The summed E-state index contributed by atoms with van der Waals surface area (Å²) >= 11 is 0. The molecule has 0 spiro atoms. The Hall–Kier alpha value is -2.43. The van der Waals surface area contributed by atoms with Crippen LogP contribution < -0.4 is 15.9 Å². The molecule has 0 saturated carbocycles. The molecule has 0 bridgehead atoms. The van der Waals surface area contributed by atoms with Gasteiger partial charge in [-0.15, -0.1) is 0 Å².